The van der Waals surface area contributed by atoms with Crippen LogP contribution in [0.25, 0.3) is 0 Å². The third kappa shape index (κ3) is 2.97. The van der Waals surface area contributed by atoms with Gasteiger partial charge in [-0.25, -0.2) is 0 Å². The van der Waals surface area contributed by atoms with Gasteiger partial charge in [-0.1, -0.05) is 19.1 Å². The quantitative estimate of drug-likeness (QED) is 0.905. The molecule has 3 nitrogen and oxygen atoms in total. The number of hydrogen-bond acceptors (Lipinski definition) is 3. The highest BCUT2D eigenvalue weighted by molar-refractivity contribution is 5.34. The first kappa shape index (κ1) is 14.0. The molecule has 1 aliphatic rings. The maximum atomic E-state index is 9.01. The summed E-state index contributed by atoms with van der Waals surface area (Å²) in [6, 6.07) is 10.9. The van der Waals surface area contributed by atoms with Crippen LogP contribution in [0.5, 0.6) is 0 Å². The van der Waals surface area contributed by atoms with E-state index in [1.807, 2.05) is 18.2 Å². The van der Waals surface area contributed by atoms with Crippen molar-refractivity contribution in [2.75, 3.05) is 13.1 Å². The van der Waals surface area contributed by atoms with Crippen LogP contribution < -0.4 is 5.73 Å². The third-order valence-corrected chi connectivity index (χ3v) is 4.40. The van der Waals surface area contributed by atoms with Gasteiger partial charge in [0.2, 0.25) is 0 Å². The molecule has 3 heteroatoms. The van der Waals surface area contributed by atoms with Gasteiger partial charge in [0.25, 0.3) is 0 Å². The Morgan fingerprint density at radius 1 is 1.53 bits per heavy atom. The number of nitrogens with zero attached hydrogens (tertiary/aromatic N) is 2. The summed E-state index contributed by atoms with van der Waals surface area (Å²) in [5.41, 5.74) is 7.91. The first-order valence-electron chi connectivity index (χ1n) is 7.13. The molecule has 0 amide bonds. The molecular weight excluding hydrogens is 234 g/mol. The van der Waals surface area contributed by atoms with Gasteiger partial charge in [0.1, 0.15) is 0 Å². The second kappa shape index (κ2) is 6.18. The number of benzene rings is 1. The summed E-state index contributed by atoms with van der Waals surface area (Å²) in [4.78, 5) is 2.50. The molecule has 1 aromatic carbocycles. The molecule has 0 radical (unpaired) electrons. The SMILES string of the molecule is CC1CCCN(C(C)c2cccc(C#N)c2)C1CN. The fourth-order valence-electron chi connectivity index (χ4n) is 3.19. The van der Waals surface area contributed by atoms with Crippen molar-refractivity contribution >= 4 is 0 Å². The molecule has 1 aromatic rings. The van der Waals surface area contributed by atoms with E-state index in [1.54, 1.807) is 0 Å². The predicted molar refractivity (Wildman–Crippen MR) is 77.5 cm³/mol. The fourth-order valence-corrected chi connectivity index (χ4v) is 3.19. The summed E-state index contributed by atoms with van der Waals surface area (Å²) < 4.78 is 0. The molecule has 3 atom stereocenters. The van der Waals surface area contributed by atoms with E-state index in [9.17, 15) is 0 Å². The van der Waals surface area contributed by atoms with E-state index in [4.69, 9.17) is 11.0 Å². The van der Waals surface area contributed by atoms with E-state index in [1.165, 1.54) is 18.4 Å². The Kier molecular flexibility index (Phi) is 4.57. The smallest absolute Gasteiger partial charge is 0.0991 e. The Bertz CT molecular complexity index is 463. The van der Waals surface area contributed by atoms with Gasteiger partial charge in [-0.15, -0.1) is 0 Å². The van der Waals surface area contributed by atoms with Gasteiger partial charge in [0.05, 0.1) is 11.6 Å². The van der Waals surface area contributed by atoms with Crippen molar-refractivity contribution in [1.82, 2.24) is 4.90 Å². The summed E-state index contributed by atoms with van der Waals surface area (Å²) in [6.07, 6.45) is 2.50. The lowest BCUT2D eigenvalue weighted by Gasteiger charge is -2.43. The molecule has 0 spiro atoms. The third-order valence-electron chi connectivity index (χ3n) is 4.40. The molecule has 2 N–H and O–H groups in total. The zero-order chi connectivity index (χ0) is 13.8. The predicted octanol–water partition coefficient (Wildman–Crippen LogP) is 2.68. The minimum Gasteiger partial charge on any atom is -0.329 e. The highest BCUT2D eigenvalue weighted by atomic mass is 15.2. The molecule has 1 saturated heterocycles. The molecule has 0 bridgehead atoms. The highest BCUT2D eigenvalue weighted by Gasteiger charge is 2.30. The lowest BCUT2D eigenvalue weighted by Crippen LogP contribution is -2.49. The van der Waals surface area contributed by atoms with Crippen molar-refractivity contribution in [3.8, 4) is 6.07 Å². The number of nitrogens with two attached hydrogens (primary N) is 1. The molecule has 0 saturated carbocycles. The van der Waals surface area contributed by atoms with Crippen LogP contribution in [0.15, 0.2) is 24.3 Å². The van der Waals surface area contributed by atoms with Crippen LogP contribution in [-0.2, 0) is 0 Å². The van der Waals surface area contributed by atoms with Crippen LogP contribution in [0.3, 0.4) is 0 Å². The van der Waals surface area contributed by atoms with Crippen LogP contribution in [0.1, 0.15) is 43.9 Å². The van der Waals surface area contributed by atoms with Gasteiger partial charge in [-0.3, -0.25) is 4.90 Å². The van der Waals surface area contributed by atoms with Crippen LogP contribution in [-0.4, -0.2) is 24.0 Å². The van der Waals surface area contributed by atoms with Gasteiger partial charge >= 0.3 is 0 Å². The molecule has 1 heterocycles. The number of piperidine rings is 1. The Hall–Kier alpha value is -1.37. The van der Waals surface area contributed by atoms with Crippen molar-refractivity contribution in [3.63, 3.8) is 0 Å². The van der Waals surface area contributed by atoms with Gasteiger partial charge < -0.3 is 5.73 Å². The number of likely N-dealkylation sites (tertiary alicyclic amines) is 1. The van der Waals surface area contributed by atoms with Crippen LogP contribution >= 0.6 is 0 Å². The maximum Gasteiger partial charge on any atom is 0.0991 e. The zero-order valence-electron chi connectivity index (χ0n) is 11.8. The minimum absolute atomic E-state index is 0.324. The van der Waals surface area contributed by atoms with E-state index < -0.39 is 0 Å². The molecule has 19 heavy (non-hydrogen) atoms. The first-order valence-corrected chi connectivity index (χ1v) is 7.13. The van der Waals surface area contributed by atoms with Crippen molar-refractivity contribution in [2.24, 2.45) is 11.7 Å². The first-order chi connectivity index (χ1) is 9.17. The Morgan fingerprint density at radius 2 is 2.32 bits per heavy atom. The maximum absolute atomic E-state index is 9.01. The molecular formula is C16H23N3. The lowest BCUT2D eigenvalue weighted by atomic mass is 9.88. The largest absolute Gasteiger partial charge is 0.329 e. The van der Waals surface area contributed by atoms with Gasteiger partial charge in [0, 0.05) is 18.6 Å². The molecule has 1 aliphatic heterocycles. The fraction of sp³-hybridized carbons (Fsp3) is 0.562. The Morgan fingerprint density at radius 3 is 3.00 bits per heavy atom. The van der Waals surface area contributed by atoms with Gasteiger partial charge in [-0.05, 0) is 49.9 Å². The molecule has 3 unspecified atom stereocenters. The standard InChI is InChI=1S/C16H23N3/c1-12-5-4-8-19(16(12)11-18)13(2)15-7-3-6-14(9-15)10-17/h3,6-7,9,12-13,16H,4-5,8,11,18H2,1-2H3. The molecule has 2 rings (SSSR count). The number of rotatable bonds is 3. The van der Waals surface area contributed by atoms with E-state index in [0.29, 0.717) is 24.5 Å². The number of hydrogen-bond donors (Lipinski definition) is 1. The lowest BCUT2D eigenvalue weighted by molar-refractivity contribution is 0.0689. The monoisotopic (exact) mass is 257 g/mol. The van der Waals surface area contributed by atoms with Crippen molar-refractivity contribution in [1.29, 1.82) is 5.26 Å². The van der Waals surface area contributed by atoms with Gasteiger partial charge in [-0.2, -0.15) is 5.26 Å². The topological polar surface area (TPSA) is 53.0 Å². The summed E-state index contributed by atoms with van der Waals surface area (Å²) >= 11 is 0. The van der Waals surface area contributed by atoms with Gasteiger partial charge in [0.15, 0.2) is 0 Å². The summed E-state index contributed by atoms with van der Waals surface area (Å²) in [6.45, 7) is 6.33. The average Bonchev–Trinajstić information content (AvgIpc) is 2.46. The van der Waals surface area contributed by atoms with Crippen molar-refractivity contribution in [2.45, 2.75) is 38.8 Å². The zero-order valence-corrected chi connectivity index (χ0v) is 11.8. The number of nitriles is 1. The molecule has 102 valence electrons. The summed E-state index contributed by atoms with van der Waals surface area (Å²) in [5, 5.41) is 9.01. The van der Waals surface area contributed by atoms with Crippen LogP contribution in [0.2, 0.25) is 0 Å². The van der Waals surface area contributed by atoms with Crippen molar-refractivity contribution in [3.05, 3.63) is 35.4 Å². The van der Waals surface area contributed by atoms with E-state index in [0.717, 1.165) is 12.1 Å². The normalized spacial score (nSPS) is 25.8. The van der Waals surface area contributed by atoms with Crippen LogP contribution in [0, 0.1) is 17.2 Å². The molecule has 1 fully saturated rings. The highest BCUT2D eigenvalue weighted by Crippen LogP contribution is 2.31. The summed E-state index contributed by atoms with van der Waals surface area (Å²) in [5.74, 6) is 0.653. The van der Waals surface area contributed by atoms with Crippen molar-refractivity contribution < 1.29 is 0 Å². The van der Waals surface area contributed by atoms with Crippen LogP contribution in [0.4, 0.5) is 0 Å². The molecule has 0 aromatic heterocycles. The second-order valence-electron chi connectivity index (χ2n) is 5.57. The summed E-state index contributed by atoms with van der Waals surface area (Å²) in [7, 11) is 0. The Balaban J connectivity index is 2.21. The molecule has 0 aliphatic carbocycles. The average molecular weight is 257 g/mol. The van der Waals surface area contributed by atoms with E-state index in [2.05, 4.69) is 30.9 Å². The Labute approximate surface area is 116 Å². The minimum atomic E-state index is 0.324. The van der Waals surface area contributed by atoms with E-state index in [-0.39, 0.29) is 0 Å². The second-order valence-corrected chi connectivity index (χ2v) is 5.57. The van der Waals surface area contributed by atoms with E-state index >= 15 is 0 Å².